The van der Waals surface area contributed by atoms with Crippen LogP contribution in [0.2, 0.25) is 0 Å². The quantitative estimate of drug-likeness (QED) is 0.756. The Kier molecular flexibility index (Phi) is 7.29. The number of ether oxygens (including phenoxy) is 1. The molecule has 0 amide bonds. The van der Waals surface area contributed by atoms with Crippen LogP contribution in [0.4, 0.5) is 13.2 Å². The van der Waals surface area contributed by atoms with Gasteiger partial charge in [0.15, 0.2) is 0 Å². The molecule has 0 bridgehead atoms. The van der Waals surface area contributed by atoms with Crippen molar-refractivity contribution in [2.45, 2.75) is 37.4 Å². The smallest absolute Gasteiger partial charge is 0.390 e. The fourth-order valence-corrected chi connectivity index (χ4v) is 2.81. The molecule has 4 nitrogen and oxygen atoms in total. The summed E-state index contributed by atoms with van der Waals surface area (Å²) in [5, 5.41) is 22.9. The minimum atomic E-state index is -4.37. The van der Waals surface area contributed by atoms with E-state index in [0.717, 1.165) is 12.1 Å². The number of hydrogen-bond donors (Lipinski definition) is 3. The monoisotopic (exact) mass is 355 g/mol. The van der Waals surface area contributed by atoms with Gasteiger partial charge < -0.3 is 20.3 Å². The molecular weight excluding hydrogens is 335 g/mol. The number of halogens is 4. The standard InChI is InChI=1S/C15H20F3NO3.ClH/c1-22-8-10-6-12(14(21)13(10)20)19-7-9-3-2-4-11(5-9)15(16,17)18;/h2-5,10,12-14,19-21H,6-8H2,1H3;1H/t10-,12-,13-,14+;/m1./s1. The Hall–Kier alpha value is -0.860. The predicted octanol–water partition coefficient (Wildman–Crippen LogP) is 1.97. The third kappa shape index (κ3) is 5.06. The fourth-order valence-electron chi connectivity index (χ4n) is 2.81. The van der Waals surface area contributed by atoms with Crippen LogP contribution in [0.15, 0.2) is 24.3 Å². The van der Waals surface area contributed by atoms with Crippen molar-refractivity contribution in [3.8, 4) is 0 Å². The van der Waals surface area contributed by atoms with Crippen LogP contribution in [0.5, 0.6) is 0 Å². The van der Waals surface area contributed by atoms with Gasteiger partial charge in [-0.25, -0.2) is 0 Å². The van der Waals surface area contributed by atoms with Crippen molar-refractivity contribution in [2.75, 3.05) is 13.7 Å². The van der Waals surface area contributed by atoms with Gasteiger partial charge in [0.1, 0.15) is 0 Å². The number of alkyl halides is 3. The topological polar surface area (TPSA) is 61.7 Å². The second-order valence-electron chi connectivity index (χ2n) is 5.62. The Labute approximate surface area is 139 Å². The maximum atomic E-state index is 12.7. The first kappa shape index (κ1) is 20.2. The molecule has 8 heteroatoms. The van der Waals surface area contributed by atoms with E-state index in [4.69, 9.17) is 4.74 Å². The van der Waals surface area contributed by atoms with Crippen LogP contribution in [0.25, 0.3) is 0 Å². The molecule has 0 aliphatic heterocycles. The van der Waals surface area contributed by atoms with E-state index >= 15 is 0 Å². The summed E-state index contributed by atoms with van der Waals surface area (Å²) in [6.45, 7) is 0.526. The van der Waals surface area contributed by atoms with Crippen LogP contribution >= 0.6 is 12.4 Å². The molecule has 132 valence electrons. The summed E-state index contributed by atoms with van der Waals surface area (Å²) in [7, 11) is 1.52. The van der Waals surface area contributed by atoms with E-state index in [1.165, 1.54) is 13.2 Å². The molecule has 0 saturated heterocycles. The second kappa shape index (κ2) is 8.30. The molecule has 0 radical (unpaired) electrons. The number of aliphatic hydroxyl groups is 2. The molecule has 1 saturated carbocycles. The number of rotatable bonds is 5. The van der Waals surface area contributed by atoms with E-state index in [2.05, 4.69) is 5.32 Å². The van der Waals surface area contributed by atoms with Crippen LogP contribution in [0.3, 0.4) is 0 Å². The summed E-state index contributed by atoms with van der Waals surface area (Å²) >= 11 is 0. The van der Waals surface area contributed by atoms with Gasteiger partial charge in [0.05, 0.1) is 24.4 Å². The van der Waals surface area contributed by atoms with E-state index in [1.54, 1.807) is 6.07 Å². The summed E-state index contributed by atoms with van der Waals surface area (Å²) in [5.74, 6) is -0.181. The number of methoxy groups -OCH3 is 1. The van der Waals surface area contributed by atoms with Crippen LogP contribution in [0.1, 0.15) is 17.5 Å². The highest BCUT2D eigenvalue weighted by Crippen LogP contribution is 2.30. The molecule has 1 aromatic rings. The maximum absolute atomic E-state index is 12.7. The number of nitrogens with one attached hydrogen (secondary N) is 1. The zero-order valence-electron chi connectivity index (χ0n) is 12.6. The van der Waals surface area contributed by atoms with E-state index in [-0.39, 0.29) is 30.9 Å². The molecule has 1 aromatic carbocycles. The normalized spacial score (nSPS) is 27.7. The van der Waals surface area contributed by atoms with Crippen LogP contribution in [0, 0.1) is 5.92 Å². The third-order valence-electron chi connectivity index (χ3n) is 4.01. The zero-order chi connectivity index (χ0) is 16.3. The lowest BCUT2D eigenvalue weighted by atomic mass is 10.1. The molecule has 23 heavy (non-hydrogen) atoms. The maximum Gasteiger partial charge on any atom is 0.416 e. The molecule has 0 heterocycles. The summed E-state index contributed by atoms with van der Waals surface area (Å²) in [6, 6.07) is 4.67. The van der Waals surface area contributed by atoms with Crippen molar-refractivity contribution in [1.29, 1.82) is 0 Å². The lowest BCUT2D eigenvalue weighted by Gasteiger charge is -2.18. The van der Waals surface area contributed by atoms with E-state index in [0.29, 0.717) is 18.6 Å². The first-order chi connectivity index (χ1) is 10.3. The number of aliphatic hydroxyl groups excluding tert-OH is 2. The lowest BCUT2D eigenvalue weighted by Crippen LogP contribution is -2.39. The van der Waals surface area contributed by atoms with Gasteiger partial charge in [-0.2, -0.15) is 13.2 Å². The fraction of sp³-hybridized carbons (Fsp3) is 0.600. The summed E-state index contributed by atoms with van der Waals surface area (Å²) in [4.78, 5) is 0. The molecule has 1 aliphatic rings. The van der Waals surface area contributed by atoms with Gasteiger partial charge in [0.25, 0.3) is 0 Å². The van der Waals surface area contributed by atoms with Crippen LogP contribution in [-0.2, 0) is 17.5 Å². The van der Waals surface area contributed by atoms with E-state index in [1.807, 2.05) is 0 Å². The Morgan fingerprint density at radius 3 is 2.57 bits per heavy atom. The minimum Gasteiger partial charge on any atom is -0.390 e. The van der Waals surface area contributed by atoms with Gasteiger partial charge in [-0.1, -0.05) is 18.2 Å². The highest BCUT2D eigenvalue weighted by molar-refractivity contribution is 5.85. The summed E-state index contributed by atoms with van der Waals surface area (Å²) in [6.07, 6.45) is -5.71. The number of benzene rings is 1. The van der Waals surface area contributed by atoms with Gasteiger partial charge >= 0.3 is 6.18 Å². The molecule has 0 spiro atoms. The number of hydrogen-bond acceptors (Lipinski definition) is 4. The van der Waals surface area contributed by atoms with Gasteiger partial charge in [-0.15, -0.1) is 12.4 Å². The van der Waals surface area contributed by atoms with Gasteiger partial charge in [-0.3, -0.25) is 0 Å². The summed E-state index contributed by atoms with van der Waals surface area (Å²) in [5.41, 5.74) is -0.220. The molecule has 3 N–H and O–H groups in total. The average Bonchev–Trinajstić information content (AvgIpc) is 2.73. The second-order valence-corrected chi connectivity index (χ2v) is 5.62. The lowest BCUT2D eigenvalue weighted by molar-refractivity contribution is -0.137. The first-order valence-corrected chi connectivity index (χ1v) is 7.07. The van der Waals surface area contributed by atoms with Gasteiger partial charge in [0, 0.05) is 25.6 Å². The van der Waals surface area contributed by atoms with Crippen molar-refractivity contribution in [3.05, 3.63) is 35.4 Å². The zero-order valence-corrected chi connectivity index (χ0v) is 13.4. The van der Waals surface area contributed by atoms with Crippen molar-refractivity contribution >= 4 is 12.4 Å². The SMILES string of the molecule is COC[C@H]1C[C@@H](NCc2cccc(C(F)(F)F)c2)[C@H](O)[C@@H]1O.Cl. The Bertz CT molecular complexity index is 501. The average molecular weight is 356 g/mol. The molecule has 0 unspecified atom stereocenters. The largest absolute Gasteiger partial charge is 0.416 e. The third-order valence-corrected chi connectivity index (χ3v) is 4.01. The van der Waals surface area contributed by atoms with Crippen molar-refractivity contribution < 1.29 is 28.1 Å². The minimum absolute atomic E-state index is 0. The molecule has 2 rings (SSSR count). The van der Waals surface area contributed by atoms with Gasteiger partial charge in [0.2, 0.25) is 0 Å². The molecule has 1 fully saturated rings. The Morgan fingerprint density at radius 2 is 1.96 bits per heavy atom. The van der Waals surface area contributed by atoms with Crippen molar-refractivity contribution in [3.63, 3.8) is 0 Å². The van der Waals surface area contributed by atoms with Crippen LogP contribution < -0.4 is 5.32 Å². The van der Waals surface area contributed by atoms with Gasteiger partial charge in [-0.05, 0) is 18.1 Å². The van der Waals surface area contributed by atoms with Crippen LogP contribution in [-0.4, -0.2) is 42.2 Å². The Balaban J connectivity index is 0.00000264. The molecule has 0 aromatic heterocycles. The molecular formula is C15H21ClF3NO3. The molecule has 4 atom stereocenters. The first-order valence-electron chi connectivity index (χ1n) is 7.07. The highest BCUT2D eigenvalue weighted by Gasteiger charge is 2.41. The highest BCUT2D eigenvalue weighted by atomic mass is 35.5. The van der Waals surface area contributed by atoms with E-state index < -0.39 is 23.9 Å². The van der Waals surface area contributed by atoms with E-state index in [9.17, 15) is 23.4 Å². The van der Waals surface area contributed by atoms with Crippen molar-refractivity contribution in [1.82, 2.24) is 5.32 Å². The Morgan fingerprint density at radius 1 is 1.26 bits per heavy atom. The predicted molar refractivity (Wildman–Crippen MR) is 81.3 cm³/mol. The molecule has 1 aliphatic carbocycles. The van der Waals surface area contributed by atoms with Crippen molar-refractivity contribution in [2.24, 2.45) is 5.92 Å². The summed E-state index contributed by atoms with van der Waals surface area (Å²) < 4.78 is 42.9.